The number of hydrogen-bond acceptors (Lipinski definition) is 15. The Bertz CT molecular complexity index is 3190. The van der Waals surface area contributed by atoms with Gasteiger partial charge in [0.2, 0.25) is 0 Å². The van der Waals surface area contributed by atoms with Crippen molar-refractivity contribution in [2.24, 2.45) is 30.7 Å². The van der Waals surface area contributed by atoms with Gasteiger partial charge in [0.15, 0.2) is 0 Å². The van der Waals surface area contributed by atoms with E-state index in [-0.39, 0.29) is 78.8 Å². The number of rotatable bonds is 17. The molecule has 23 nitrogen and oxygen atoms in total. The van der Waals surface area contributed by atoms with Gasteiger partial charge in [0, 0.05) is 45.9 Å². The van der Waals surface area contributed by atoms with Gasteiger partial charge in [-0.2, -0.15) is 30.7 Å². The van der Waals surface area contributed by atoms with Crippen molar-refractivity contribution >= 4 is 98.5 Å². The second-order valence-corrected chi connectivity index (χ2v) is 14.9. The fraction of sp³-hybridized carbons (Fsp3) is 0. The van der Waals surface area contributed by atoms with E-state index < -0.39 is 46.5 Å². The molecule has 0 saturated heterocycles. The molecule has 0 spiro atoms. The van der Waals surface area contributed by atoms with Crippen LogP contribution in [0.1, 0.15) is 72.5 Å². The number of azo groups is 3. The second kappa shape index (κ2) is 21.8. The first-order valence-electron chi connectivity index (χ1n) is 20.6. The van der Waals surface area contributed by atoms with Crippen molar-refractivity contribution < 1.29 is 58.9 Å². The number of nitro groups is 1. The molecule has 0 aliphatic carbocycles. The molecule has 0 unspecified atom stereocenters. The Balaban J connectivity index is 1.09. The predicted octanol–water partition coefficient (Wildman–Crippen LogP) is 11.4. The standard InChI is InChI=1S/C49H32N10O13/c60-43(50-33-1-7-36(8-2-33)53-54-39-13-15-42(16-14-39)59(71)72)26-17-27(44(61)51-34-3-9-37(10-4-34)55-57-40-22-29(46(63)64)20-30(23-40)47(65)66)19-28(18-26)45(62)52-35-5-11-38(12-6-35)56-58-41-24-31(48(67)68)21-32(25-41)49(69)70/h1-25H,(H,50,60)(H,51,61)(H,52,62)(H,63,64)(H,65,66)(H,67,68)(H,69,70). The molecular weight excluding hydrogens is 937 g/mol. The number of carboxylic acids is 4. The Kier molecular flexibility index (Phi) is 14.8. The Labute approximate surface area is 403 Å². The van der Waals surface area contributed by atoms with Gasteiger partial charge < -0.3 is 36.4 Å². The minimum Gasteiger partial charge on any atom is -0.478 e. The lowest BCUT2D eigenvalue weighted by atomic mass is 10.0. The highest BCUT2D eigenvalue weighted by Gasteiger charge is 2.19. The van der Waals surface area contributed by atoms with Gasteiger partial charge in [-0.1, -0.05) is 0 Å². The SMILES string of the molecule is O=C(O)c1cc(N=Nc2ccc(NC(=O)c3cc(C(=O)Nc4ccc(N=Nc5ccc([N+](=O)[O-])cc5)cc4)cc(C(=O)Nc4ccc(N=Nc5cc(C(=O)O)cc(C(=O)O)c5)cc4)c3)cc2)cc(C(=O)O)c1. The first-order valence-corrected chi connectivity index (χ1v) is 20.6. The minimum atomic E-state index is -1.36. The summed E-state index contributed by atoms with van der Waals surface area (Å²) in [6, 6.07) is 33.6. The van der Waals surface area contributed by atoms with E-state index in [1.165, 1.54) is 103 Å². The quantitative estimate of drug-likeness (QED) is 0.0254. The summed E-state index contributed by atoms with van der Waals surface area (Å²) in [6.45, 7) is 0. The third-order valence-electron chi connectivity index (χ3n) is 9.82. The van der Waals surface area contributed by atoms with E-state index >= 15 is 0 Å². The van der Waals surface area contributed by atoms with Gasteiger partial charge in [0.25, 0.3) is 23.4 Å². The molecule has 356 valence electrons. The van der Waals surface area contributed by atoms with Crippen LogP contribution in [0.25, 0.3) is 0 Å². The van der Waals surface area contributed by atoms with Crippen molar-refractivity contribution in [3.8, 4) is 0 Å². The molecule has 72 heavy (non-hydrogen) atoms. The highest BCUT2D eigenvalue weighted by Crippen LogP contribution is 2.27. The molecular formula is C49H32N10O13. The highest BCUT2D eigenvalue weighted by molar-refractivity contribution is 6.13. The second-order valence-electron chi connectivity index (χ2n) is 14.9. The normalized spacial score (nSPS) is 11.1. The number of carbonyl (C=O) groups excluding carboxylic acids is 3. The summed E-state index contributed by atoms with van der Waals surface area (Å²) < 4.78 is 0. The summed E-state index contributed by atoms with van der Waals surface area (Å²) in [7, 11) is 0. The van der Waals surface area contributed by atoms with E-state index in [1.807, 2.05) is 0 Å². The molecule has 0 heterocycles. The maximum atomic E-state index is 13.8. The molecule has 7 aromatic carbocycles. The minimum absolute atomic E-state index is 0.0333. The summed E-state index contributed by atoms with van der Waals surface area (Å²) in [5.74, 6) is -7.62. The number of nitrogens with zero attached hydrogens (tertiary/aromatic N) is 7. The average molecular weight is 969 g/mol. The van der Waals surface area contributed by atoms with Crippen molar-refractivity contribution in [3.05, 3.63) is 201 Å². The number of anilines is 3. The number of nitro benzene ring substituents is 1. The molecule has 0 bridgehead atoms. The number of carboxylic acid groups (broad SMARTS) is 4. The maximum absolute atomic E-state index is 13.8. The van der Waals surface area contributed by atoms with Crippen LogP contribution >= 0.6 is 0 Å². The first kappa shape index (κ1) is 48.9. The van der Waals surface area contributed by atoms with Gasteiger partial charge in [-0.05, 0) is 140 Å². The van der Waals surface area contributed by atoms with Crippen molar-refractivity contribution in [2.45, 2.75) is 0 Å². The molecule has 0 aromatic heterocycles. The molecule has 3 amide bonds. The molecule has 0 fully saturated rings. The van der Waals surface area contributed by atoms with Gasteiger partial charge >= 0.3 is 23.9 Å². The average Bonchev–Trinajstić information content (AvgIpc) is 3.37. The molecule has 23 heteroatoms. The summed E-state index contributed by atoms with van der Waals surface area (Å²) in [5.41, 5.74) is 0.337. The summed E-state index contributed by atoms with van der Waals surface area (Å²) in [4.78, 5) is 97.6. The van der Waals surface area contributed by atoms with Gasteiger partial charge in [-0.15, -0.1) is 0 Å². The molecule has 0 radical (unpaired) electrons. The molecule has 0 aliphatic rings. The van der Waals surface area contributed by atoms with Gasteiger partial charge in [-0.3, -0.25) is 24.5 Å². The van der Waals surface area contributed by atoms with E-state index in [1.54, 1.807) is 12.1 Å². The van der Waals surface area contributed by atoms with Crippen LogP contribution in [-0.4, -0.2) is 66.9 Å². The summed E-state index contributed by atoms with van der Waals surface area (Å²) in [6.07, 6.45) is 0. The third kappa shape index (κ3) is 12.9. The monoisotopic (exact) mass is 968 g/mol. The van der Waals surface area contributed by atoms with Crippen LogP contribution in [0.3, 0.4) is 0 Å². The molecule has 7 aromatic rings. The van der Waals surface area contributed by atoms with E-state index in [4.69, 9.17) is 0 Å². The van der Waals surface area contributed by atoms with E-state index in [2.05, 4.69) is 46.6 Å². The van der Waals surface area contributed by atoms with Crippen molar-refractivity contribution in [1.29, 1.82) is 0 Å². The summed E-state index contributed by atoms with van der Waals surface area (Å²) >= 11 is 0. The highest BCUT2D eigenvalue weighted by atomic mass is 16.6. The fourth-order valence-electron chi connectivity index (χ4n) is 6.28. The van der Waals surface area contributed by atoms with Crippen LogP contribution in [0, 0.1) is 10.1 Å². The van der Waals surface area contributed by atoms with Crippen LogP contribution in [0.15, 0.2) is 182 Å². The van der Waals surface area contributed by atoms with Crippen molar-refractivity contribution in [3.63, 3.8) is 0 Å². The Hall–Kier alpha value is -11.0. The van der Waals surface area contributed by atoms with Crippen LogP contribution in [-0.2, 0) is 0 Å². The van der Waals surface area contributed by atoms with Crippen LogP contribution in [0.5, 0.6) is 0 Å². The van der Waals surface area contributed by atoms with Crippen molar-refractivity contribution in [1.82, 2.24) is 0 Å². The number of benzene rings is 7. The number of amides is 3. The lowest BCUT2D eigenvalue weighted by Gasteiger charge is -2.12. The fourth-order valence-corrected chi connectivity index (χ4v) is 6.28. The largest absolute Gasteiger partial charge is 0.478 e. The van der Waals surface area contributed by atoms with E-state index in [0.29, 0.717) is 17.1 Å². The topological polar surface area (TPSA) is 354 Å². The number of nitrogens with one attached hydrogen (secondary N) is 3. The number of hydrogen-bond donors (Lipinski definition) is 7. The Morgan fingerprint density at radius 1 is 0.333 bits per heavy atom. The molecule has 7 N–H and O–H groups in total. The molecule has 0 aliphatic heterocycles. The molecule has 7 rings (SSSR count). The maximum Gasteiger partial charge on any atom is 0.335 e. The lowest BCUT2D eigenvalue weighted by molar-refractivity contribution is -0.384. The predicted molar refractivity (Wildman–Crippen MR) is 256 cm³/mol. The van der Waals surface area contributed by atoms with Gasteiger partial charge in [-0.25, -0.2) is 19.2 Å². The van der Waals surface area contributed by atoms with E-state index in [9.17, 15) is 64.1 Å². The number of non-ortho nitro benzene ring substituents is 1. The van der Waals surface area contributed by atoms with Crippen LogP contribution in [0.2, 0.25) is 0 Å². The zero-order valence-corrected chi connectivity index (χ0v) is 36.5. The zero-order chi connectivity index (χ0) is 51.5. The van der Waals surface area contributed by atoms with Gasteiger partial charge in [0.05, 0.1) is 61.3 Å². The lowest BCUT2D eigenvalue weighted by Crippen LogP contribution is -2.19. The first-order chi connectivity index (χ1) is 34.5. The number of carbonyl (C=O) groups is 7. The van der Waals surface area contributed by atoms with Gasteiger partial charge in [0.1, 0.15) is 0 Å². The Morgan fingerprint density at radius 2 is 0.556 bits per heavy atom. The Morgan fingerprint density at radius 3 is 0.792 bits per heavy atom. The third-order valence-corrected chi connectivity index (χ3v) is 9.82. The van der Waals surface area contributed by atoms with Crippen LogP contribution in [0.4, 0.5) is 56.9 Å². The van der Waals surface area contributed by atoms with Crippen LogP contribution < -0.4 is 16.0 Å². The zero-order valence-electron chi connectivity index (χ0n) is 36.5. The molecule has 0 atom stereocenters. The smallest absolute Gasteiger partial charge is 0.335 e. The summed E-state index contributed by atoms with van der Waals surface area (Å²) in [5, 5.41) is 80.6. The van der Waals surface area contributed by atoms with Crippen molar-refractivity contribution in [2.75, 3.05) is 16.0 Å². The van der Waals surface area contributed by atoms with E-state index in [0.717, 1.165) is 36.4 Å². The molecule has 0 saturated carbocycles. The number of aromatic carboxylic acids is 4.